The maximum absolute atomic E-state index is 10.3. The second-order valence-electron chi connectivity index (χ2n) is 6.47. The first-order chi connectivity index (χ1) is 10.1. The Labute approximate surface area is 125 Å². The largest absolute Gasteiger partial charge is 0.497 e. The minimum absolute atomic E-state index is 0.0624. The summed E-state index contributed by atoms with van der Waals surface area (Å²) < 4.78 is 5.32. The van der Waals surface area contributed by atoms with Crippen LogP contribution in [-0.2, 0) is 6.42 Å². The Balaban J connectivity index is 1.93. The number of aliphatic hydroxyl groups excluding tert-OH is 1. The van der Waals surface area contributed by atoms with E-state index >= 15 is 0 Å². The zero-order chi connectivity index (χ0) is 14.6. The van der Waals surface area contributed by atoms with Crippen molar-refractivity contribution in [2.24, 2.45) is 5.41 Å². The number of fused-ring (bicyclic) bond motifs is 5. The quantitative estimate of drug-likeness (QED) is 0.857. The molecule has 2 aliphatic rings. The molecule has 2 heteroatoms. The van der Waals surface area contributed by atoms with E-state index in [0.717, 1.165) is 25.0 Å². The second-order valence-corrected chi connectivity index (χ2v) is 6.47. The molecule has 2 atom stereocenters. The van der Waals surface area contributed by atoms with Gasteiger partial charge in [0, 0.05) is 5.41 Å². The number of ether oxygens (including phenoxy) is 1. The van der Waals surface area contributed by atoms with Crippen molar-refractivity contribution in [3.05, 3.63) is 47.5 Å². The van der Waals surface area contributed by atoms with Gasteiger partial charge in [0.05, 0.1) is 13.2 Å². The van der Waals surface area contributed by atoms with Gasteiger partial charge in [0.15, 0.2) is 0 Å². The van der Waals surface area contributed by atoms with Gasteiger partial charge in [0.2, 0.25) is 0 Å². The highest BCUT2D eigenvalue weighted by Gasteiger charge is 2.43. The van der Waals surface area contributed by atoms with Crippen molar-refractivity contribution in [2.75, 3.05) is 7.11 Å². The van der Waals surface area contributed by atoms with Crippen LogP contribution in [0.1, 0.15) is 30.9 Å². The topological polar surface area (TPSA) is 29.5 Å². The predicted octanol–water partition coefficient (Wildman–Crippen LogP) is 3.95. The van der Waals surface area contributed by atoms with Crippen LogP contribution in [0, 0.1) is 5.41 Å². The Kier molecular flexibility index (Phi) is 2.67. The number of aliphatic hydroxyl groups is 1. The molecule has 0 amide bonds. The first-order valence-corrected chi connectivity index (χ1v) is 7.62. The summed E-state index contributed by atoms with van der Waals surface area (Å²) in [5.74, 6) is 0.901. The Bertz CT molecular complexity index is 759. The molecule has 0 saturated carbocycles. The van der Waals surface area contributed by atoms with E-state index in [2.05, 4.69) is 37.3 Å². The Morgan fingerprint density at radius 1 is 1.24 bits per heavy atom. The number of aryl methyl sites for hydroxylation is 1. The van der Waals surface area contributed by atoms with Crippen LogP contribution in [0.4, 0.5) is 0 Å². The van der Waals surface area contributed by atoms with Crippen LogP contribution in [0.15, 0.2) is 36.4 Å². The highest BCUT2D eigenvalue weighted by molar-refractivity contribution is 5.93. The van der Waals surface area contributed by atoms with Gasteiger partial charge in [0.1, 0.15) is 5.75 Å². The molecule has 4 rings (SSSR count). The van der Waals surface area contributed by atoms with Gasteiger partial charge >= 0.3 is 0 Å². The standard InChI is InChI=1S/C19H20O2/c1-19-10-9-15-14-6-4-13(21-2)11-12(14)3-5-16(15)17(19)7-8-18(19)20/h3-7,11,18,20H,8-10H2,1-2H3/t18-,19-/m0/s1. The van der Waals surface area contributed by atoms with E-state index in [-0.39, 0.29) is 11.5 Å². The third-order valence-corrected chi connectivity index (χ3v) is 5.42. The summed E-state index contributed by atoms with van der Waals surface area (Å²) in [6.45, 7) is 2.21. The van der Waals surface area contributed by atoms with Gasteiger partial charge in [-0.1, -0.05) is 31.2 Å². The maximum atomic E-state index is 10.3. The molecule has 0 unspecified atom stereocenters. The van der Waals surface area contributed by atoms with Crippen LogP contribution in [0.2, 0.25) is 0 Å². The van der Waals surface area contributed by atoms with Crippen LogP contribution in [0.3, 0.4) is 0 Å². The van der Waals surface area contributed by atoms with Gasteiger partial charge < -0.3 is 9.84 Å². The first kappa shape index (κ1) is 12.9. The van der Waals surface area contributed by atoms with Crippen molar-refractivity contribution in [3.8, 4) is 5.75 Å². The molecule has 0 bridgehead atoms. The molecule has 2 aromatic rings. The zero-order valence-electron chi connectivity index (χ0n) is 12.5. The zero-order valence-corrected chi connectivity index (χ0v) is 12.5. The molecule has 0 heterocycles. The summed E-state index contributed by atoms with van der Waals surface area (Å²) in [7, 11) is 1.70. The lowest BCUT2D eigenvalue weighted by atomic mass is 9.68. The van der Waals surface area contributed by atoms with E-state index in [9.17, 15) is 5.11 Å². The molecule has 1 N–H and O–H groups in total. The molecular weight excluding hydrogens is 260 g/mol. The number of hydrogen-bond donors (Lipinski definition) is 1. The fourth-order valence-corrected chi connectivity index (χ4v) is 4.03. The van der Waals surface area contributed by atoms with E-state index in [1.807, 2.05) is 6.07 Å². The average Bonchev–Trinajstić information content (AvgIpc) is 2.82. The minimum atomic E-state index is -0.229. The van der Waals surface area contributed by atoms with E-state index in [4.69, 9.17) is 4.74 Å². The molecule has 2 nitrogen and oxygen atoms in total. The van der Waals surface area contributed by atoms with Gasteiger partial charge in [-0.05, 0) is 58.9 Å². The van der Waals surface area contributed by atoms with E-state index in [1.165, 1.54) is 27.5 Å². The monoisotopic (exact) mass is 280 g/mol. The van der Waals surface area contributed by atoms with Crippen LogP contribution in [0.5, 0.6) is 5.75 Å². The summed E-state index contributed by atoms with van der Waals surface area (Å²) in [5.41, 5.74) is 4.03. The van der Waals surface area contributed by atoms with Gasteiger partial charge in [-0.3, -0.25) is 0 Å². The molecular formula is C19H20O2. The van der Waals surface area contributed by atoms with Crippen LogP contribution < -0.4 is 4.74 Å². The Morgan fingerprint density at radius 3 is 2.90 bits per heavy atom. The maximum Gasteiger partial charge on any atom is 0.119 e. The van der Waals surface area contributed by atoms with Gasteiger partial charge in [-0.15, -0.1) is 0 Å². The summed E-state index contributed by atoms with van der Waals surface area (Å²) in [6.07, 6.45) is 4.85. The van der Waals surface area contributed by atoms with Gasteiger partial charge in [-0.25, -0.2) is 0 Å². The molecule has 108 valence electrons. The summed E-state index contributed by atoms with van der Waals surface area (Å²) in [6, 6.07) is 10.7. The summed E-state index contributed by atoms with van der Waals surface area (Å²) in [4.78, 5) is 0. The molecule has 0 spiro atoms. The Hall–Kier alpha value is -1.80. The van der Waals surface area contributed by atoms with Crippen LogP contribution in [0.25, 0.3) is 16.3 Å². The number of rotatable bonds is 1. The van der Waals surface area contributed by atoms with Crippen molar-refractivity contribution >= 4 is 16.3 Å². The van der Waals surface area contributed by atoms with Crippen molar-refractivity contribution in [1.82, 2.24) is 0 Å². The van der Waals surface area contributed by atoms with Crippen molar-refractivity contribution in [2.45, 2.75) is 32.3 Å². The molecule has 0 fully saturated rings. The molecule has 2 aromatic carbocycles. The normalized spacial score (nSPS) is 27.2. The lowest BCUT2D eigenvalue weighted by Crippen LogP contribution is -2.32. The van der Waals surface area contributed by atoms with Crippen LogP contribution in [-0.4, -0.2) is 18.3 Å². The molecule has 0 aromatic heterocycles. The first-order valence-electron chi connectivity index (χ1n) is 7.62. The SMILES string of the molecule is COc1ccc2c3c(ccc2c1)C1=CC[C@H](O)[C@@]1(C)CC3. The van der Waals surface area contributed by atoms with Crippen molar-refractivity contribution in [1.29, 1.82) is 0 Å². The minimum Gasteiger partial charge on any atom is -0.497 e. The molecule has 2 aliphatic carbocycles. The highest BCUT2D eigenvalue weighted by atomic mass is 16.5. The lowest BCUT2D eigenvalue weighted by Gasteiger charge is -2.37. The Morgan fingerprint density at radius 2 is 2.10 bits per heavy atom. The number of hydrogen-bond acceptors (Lipinski definition) is 2. The fraction of sp³-hybridized carbons (Fsp3) is 0.368. The summed E-state index contributed by atoms with van der Waals surface area (Å²) >= 11 is 0. The smallest absolute Gasteiger partial charge is 0.119 e. The summed E-state index contributed by atoms with van der Waals surface area (Å²) in [5, 5.41) is 12.9. The third-order valence-electron chi connectivity index (χ3n) is 5.42. The van der Waals surface area contributed by atoms with E-state index in [0.29, 0.717) is 0 Å². The fourth-order valence-electron chi connectivity index (χ4n) is 4.03. The molecule has 0 radical (unpaired) electrons. The predicted molar refractivity (Wildman–Crippen MR) is 85.5 cm³/mol. The number of benzene rings is 2. The van der Waals surface area contributed by atoms with Gasteiger partial charge in [0.25, 0.3) is 0 Å². The highest BCUT2D eigenvalue weighted by Crippen LogP contribution is 2.52. The second kappa shape index (κ2) is 4.35. The average molecular weight is 280 g/mol. The van der Waals surface area contributed by atoms with Crippen LogP contribution >= 0.6 is 0 Å². The molecule has 0 aliphatic heterocycles. The van der Waals surface area contributed by atoms with Gasteiger partial charge in [-0.2, -0.15) is 0 Å². The molecule has 21 heavy (non-hydrogen) atoms. The lowest BCUT2D eigenvalue weighted by molar-refractivity contribution is 0.0827. The molecule has 0 saturated heterocycles. The van der Waals surface area contributed by atoms with E-state index < -0.39 is 0 Å². The van der Waals surface area contributed by atoms with Crippen molar-refractivity contribution in [3.63, 3.8) is 0 Å². The van der Waals surface area contributed by atoms with Crippen molar-refractivity contribution < 1.29 is 9.84 Å². The number of methoxy groups -OCH3 is 1. The van der Waals surface area contributed by atoms with E-state index in [1.54, 1.807) is 7.11 Å². The third kappa shape index (κ3) is 1.69.